The Labute approximate surface area is 158 Å². The molecule has 2 rings (SSSR count). The van der Waals surface area contributed by atoms with E-state index < -0.39 is 11.9 Å². The highest BCUT2D eigenvalue weighted by atomic mass is 16.5. The molecule has 0 fully saturated rings. The number of rotatable bonds is 7. The van der Waals surface area contributed by atoms with E-state index >= 15 is 0 Å². The quantitative estimate of drug-likeness (QED) is 0.615. The predicted octanol–water partition coefficient (Wildman–Crippen LogP) is 2.03. The molecule has 1 aromatic carbocycles. The van der Waals surface area contributed by atoms with Crippen LogP contribution in [-0.4, -0.2) is 55.6 Å². The Bertz CT molecular complexity index is 654. The Hall–Kier alpha value is -2.58. The molecule has 8 nitrogen and oxygen atoms in total. The molecule has 0 amide bonds. The van der Waals surface area contributed by atoms with E-state index in [9.17, 15) is 9.59 Å². The van der Waals surface area contributed by atoms with Crippen LogP contribution in [0.1, 0.15) is 31.1 Å². The average Bonchev–Trinajstić information content (AvgIpc) is 2.63. The van der Waals surface area contributed by atoms with Gasteiger partial charge in [-0.1, -0.05) is 13.8 Å². The van der Waals surface area contributed by atoms with Crippen LogP contribution in [0.2, 0.25) is 0 Å². The van der Waals surface area contributed by atoms with Gasteiger partial charge < -0.3 is 29.7 Å². The molecule has 0 saturated heterocycles. The minimum atomic E-state index is -1.26. The zero-order valence-electron chi connectivity index (χ0n) is 16.0. The molecule has 27 heavy (non-hydrogen) atoms. The van der Waals surface area contributed by atoms with Gasteiger partial charge in [-0.25, -0.2) is 9.59 Å². The van der Waals surface area contributed by atoms with Gasteiger partial charge in [0.05, 0.1) is 26.9 Å². The number of aliphatic carboxylic acids is 2. The molecule has 1 atom stereocenters. The van der Waals surface area contributed by atoms with Crippen LogP contribution >= 0.6 is 0 Å². The Morgan fingerprint density at radius 2 is 1.74 bits per heavy atom. The van der Waals surface area contributed by atoms with Crippen molar-refractivity contribution < 1.29 is 34.0 Å². The van der Waals surface area contributed by atoms with Crippen molar-refractivity contribution in [2.45, 2.75) is 32.4 Å². The van der Waals surface area contributed by atoms with Gasteiger partial charge >= 0.3 is 11.9 Å². The molecule has 0 spiro atoms. The first-order chi connectivity index (χ1) is 12.8. The van der Waals surface area contributed by atoms with Crippen LogP contribution in [0.5, 0.6) is 11.5 Å². The maximum Gasteiger partial charge on any atom is 0.328 e. The fraction of sp³-hybridized carbons (Fsp3) is 0.474. The number of nitrogens with one attached hydrogen (secondary N) is 1. The van der Waals surface area contributed by atoms with Crippen molar-refractivity contribution in [3.8, 4) is 11.5 Å². The summed E-state index contributed by atoms with van der Waals surface area (Å²) < 4.78 is 16.6. The molecule has 0 aliphatic carbocycles. The SMILES string of the molecule is COc1cc2c(cc1OC)C(CNC(C)C)OCC2.O=C(O)/C=C/C(=O)O. The molecule has 0 radical (unpaired) electrons. The van der Waals surface area contributed by atoms with E-state index in [0.717, 1.165) is 31.1 Å². The van der Waals surface area contributed by atoms with Crippen molar-refractivity contribution in [3.05, 3.63) is 35.4 Å². The molecule has 0 aromatic heterocycles. The molecule has 0 bridgehead atoms. The molecule has 1 unspecified atom stereocenters. The zero-order valence-corrected chi connectivity index (χ0v) is 16.0. The summed E-state index contributed by atoms with van der Waals surface area (Å²) in [4.78, 5) is 19.1. The molecule has 1 aliphatic heterocycles. The number of carbonyl (C=O) groups is 2. The van der Waals surface area contributed by atoms with Crippen LogP contribution in [0.4, 0.5) is 0 Å². The molecule has 8 heteroatoms. The summed E-state index contributed by atoms with van der Waals surface area (Å²) in [5, 5.41) is 19.0. The molecule has 1 aliphatic rings. The van der Waals surface area contributed by atoms with E-state index in [2.05, 4.69) is 25.2 Å². The lowest BCUT2D eigenvalue weighted by Crippen LogP contribution is -2.31. The number of ether oxygens (including phenoxy) is 3. The first kappa shape index (κ1) is 22.5. The molecule has 150 valence electrons. The van der Waals surface area contributed by atoms with Crippen LogP contribution in [0, 0.1) is 0 Å². The van der Waals surface area contributed by atoms with Gasteiger partial charge in [0.2, 0.25) is 0 Å². The van der Waals surface area contributed by atoms with Crippen molar-refractivity contribution in [3.63, 3.8) is 0 Å². The van der Waals surface area contributed by atoms with E-state index in [1.54, 1.807) is 14.2 Å². The number of hydrogen-bond acceptors (Lipinski definition) is 6. The largest absolute Gasteiger partial charge is 0.493 e. The van der Waals surface area contributed by atoms with Crippen LogP contribution in [-0.2, 0) is 20.7 Å². The molecule has 0 saturated carbocycles. The van der Waals surface area contributed by atoms with Crippen molar-refractivity contribution in [2.24, 2.45) is 0 Å². The van der Waals surface area contributed by atoms with Gasteiger partial charge in [-0.3, -0.25) is 0 Å². The van der Waals surface area contributed by atoms with Crippen molar-refractivity contribution in [1.29, 1.82) is 0 Å². The lowest BCUT2D eigenvalue weighted by atomic mass is 9.96. The van der Waals surface area contributed by atoms with Gasteiger partial charge in [-0.05, 0) is 29.7 Å². The second-order valence-corrected chi connectivity index (χ2v) is 6.09. The summed E-state index contributed by atoms with van der Waals surface area (Å²) in [7, 11) is 3.33. The van der Waals surface area contributed by atoms with Gasteiger partial charge in [-0.2, -0.15) is 0 Å². The summed E-state index contributed by atoms with van der Waals surface area (Å²) in [6, 6.07) is 4.56. The van der Waals surface area contributed by atoms with E-state index in [1.165, 1.54) is 11.1 Å². The Kier molecular flexibility index (Phi) is 9.32. The van der Waals surface area contributed by atoms with Gasteiger partial charge in [0.1, 0.15) is 0 Å². The summed E-state index contributed by atoms with van der Waals surface area (Å²) >= 11 is 0. The van der Waals surface area contributed by atoms with Gasteiger partial charge in [0, 0.05) is 24.7 Å². The number of hydrogen-bond donors (Lipinski definition) is 3. The predicted molar refractivity (Wildman–Crippen MR) is 99.5 cm³/mol. The van der Waals surface area contributed by atoms with E-state index in [0.29, 0.717) is 18.2 Å². The number of carboxylic acids is 2. The topological polar surface area (TPSA) is 114 Å². The fourth-order valence-electron chi connectivity index (χ4n) is 2.51. The van der Waals surface area contributed by atoms with Crippen LogP contribution in [0.25, 0.3) is 0 Å². The lowest BCUT2D eigenvalue weighted by molar-refractivity contribution is -0.134. The fourth-order valence-corrected chi connectivity index (χ4v) is 2.51. The number of benzene rings is 1. The summed E-state index contributed by atoms with van der Waals surface area (Å²) in [5.41, 5.74) is 2.50. The Morgan fingerprint density at radius 3 is 2.22 bits per heavy atom. The Morgan fingerprint density at radius 1 is 1.19 bits per heavy atom. The standard InChI is InChI=1S/C15H23NO3.C4H4O4/c1-10(2)16-9-15-12-8-14(18-4)13(17-3)7-11(12)5-6-19-15;5-3(6)1-2-4(7)8/h7-8,10,15-16H,5-6,9H2,1-4H3;1-2H,(H,5,6)(H,7,8)/b;2-1+. The average molecular weight is 381 g/mol. The molecule has 1 heterocycles. The first-order valence-electron chi connectivity index (χ1n) is 8.52. The van der Waals surface area contributed by atoms with Crippen molar-refractivity contribution in [2.75, 3.05) is 27.4 Å². The molecular formula is C19H27NO7. The third kappa shape index (κ3) is 7.67. The first-order valence-corrected chi connectivity index (χ1v) is 8.52. The maximum absolute atomic E-state index is 9.55. The van der Waals surface area contributed by atoms with Gasteiger partial charge in [0.15, 0.2) is 11.5 Å². The highest BCUT2D eigenvalue weighted by Gasteiger charge is 2.23. The third-order valence-corrected chi connectivity index (χ3v) is 3.76. The molecule has 1 aromatic rings. The smallest absolute Gasteiger partial charge is 0.328 e. The van der Waals surface area contributed by atoms with E-state index in [4.69, 9.17) is 24.4 Å². The second-order valence-electron chi connectivity index (χ2n) is 6.09. The summed E-state index contributed by atoms with van der Waals surface area (Å²) in [6.45, 7) is 5.85. The van der Waals surface area contributed by atoms with Crippen LogP contribution < -0.4 is 14.8 Å². The van der Waals surface area contributed by atoms with Gasteiger partial charge in [0.25, 0.3) is 0 Å². The lowest BCUT2D eigenvalue weighted by Gasteiger charge is -2.28. The zero-order chi connectivity index (χ0) is 20.4. The highest BCUT2D eigenvalue weighted by molar-refractivity contribution is 5.89. The number of carboxylic acid groups (broad SMARTS) is 2. The summed E-state index contributed by atoms with van der Waals surface area (Å²) in [5.74, 6) is -0.959. The summed E-state index contributed by atoms with van der Waals surface area (Å²) in [6.07, 6.45) is 2.13. The third-order valence-electron chi connectivity index (χ3n) is 3.76. The monoisotopic (exact) mass is 381 g/mol. The van der Waals surface area contributed by atoms with Crippen LogP contribution in [0.3, 0.4) is 0 Å². The maximum atomic E-state index is 9.55. The minimum Gasteiger partial charge on any atom is -0.493 e. The van der Waals surface area contributed by atoms with Crippen LogP contribution in [0.15, 0.2) is 24.3 Å². The molecular weight excluding hydrogens is 354 g/mol. The minimum absolute atomic E-state index is 0.0888. The van der Waals surface area contributed by atoms with E-state index in [1.807, 2.05) is 6.07 Å². The molecule has 3 N–H and O–H groups in total. The number of methoxy groups -OCH3 is 2. The normalized spacial score (nSPS) is 15.7. The highest BCUT2D eigenvalue weighted by Crippen LogP contribution is 2.36. The number of fused-ring (bicyclic) bond motifs is 1. The second kappa shape index (κ2) is 11.2. The van der Waals surface area contributed by atoms with E-state index in [-0.39, 0.29) is 6.10 Å². The van der Waals surface area contributed by atoms with Crippen molar-refractivity contribution in [1.82, 2.24) is 5.32 Å². The Balaban J connectivity index is 0.000000387. The van der Waals surface area contributed by atoms with Crippen molar-refractivity contribution >= 4 is 11.9 Å². The van der Waals surface area contributed by atoms with Gasteiger partial charge in [-0.15, -0.1) is 0 Å².